The number of halogens is 7. The molecule has 0 fully saturated rings. The average molecular weight is 1480 g/mol. The molecular formula is C86H62Cl3F4N10O4+3. The molecule has 526 valence electrons. The van der Waals surface area contributed by atoms with E-state index >= 15 is 8.78 Å². The van der Waals surface area contributed by atoms with Crippen LogP contribution in [0.1, 0.15) is 44.5 Å². The number of fused-ring (bicyclic) bond motifs is 6. The zero-order valence-electron chi connectivity index (χ0n) is 56.4. The SMILES string of the molecule is Cl.Cl.Cl.Fc1cc(C2(c3ccc(-[n+]4ccc(-c5ccncc5)cc4)c(F)c3)c3ccccc3-c3ccccc32)ccc1-[n+]1ccc(-c2ccncc2)cc1.Nc1ccc(C2(c3ccc(N)c(F)c3)c3ccccc3-c3ccccc32)cc1F.O=[N+]([O-])c1ccc(-[n+]2ccc(-c3ccncc3)cc2)c([N+](=O)[O-])c1. The molecule has 2 aliphatic rings. The van der Waals surface area contributed by atoms with Crippen molar-refractivity contribution >= 4 is 60.0 Å². The highest BCUT2D eigenvalue weighted by atomic mass is 35.5. The van der Waals surface area contributed by atoms with Gasteiger partial charge in [0, 0.05) is 97.8 Å². The van der Waals surface area contributed by atoms with Crippen LogP contribution in [0.2, 0.25) is 0 Å². The standard InChI is InChI=1S/C45H30F2N4.C25H18F2N2.C16H11N4O4.3ClH/c46-41-29-35(9-11-43(41)50-25-17-33(18-26-50)31-13-21-48-22-14-31)45(39-7-3-1-5-37(39)38-6-2-4-8-40(38)45)36-10-12-44(42(47)30-36)51-27-19-34(20-28-51)32-15-23-49-24-16-32;26-21-13-15(9-11-23(21)28)25(16-10-12-24(29)22(27)14-16)19-7-3-1-5-17(19)18-6-2-4-8-20(18)25;21-19(22)14-1-2-15(16(11-14)20(23)24)18-9-5-13(6-10-18)12-3-7-17-8-4-12;;;/h1-30H;1-14H,28-29H2;1-11H;3*1H/q+2;;+1;;;. The molecule has 0 spiro atoms. The third-order valence-electron chi connectivity index (χ3n) is 19.3. The predicted octanol–water partition coefficient (Wildman–Crippen LogP) is 18.6. The number of nitro groups is 2. The fraction of sp³-hybridized carbons (Fsp3) is 0.0233. The van der Waals surface area contributed by atoms with Gasteiger partial charge in [0.15, 0.2) is 48.8 Å². The van der Waals surface area contributed by atoms with E-state index in [0.29, 0.717) is 22.5 Å². The molecule has 14 nitrogen and oxygen atoms in total. The van der Waals surface area contributed by atoms with Gasteiger partial charge in [0.05, 0.1) is 32.1 Å². The lowest BCUT2D eigenvalue weighted by Crippen LogP contribution is -2.33. The Morgan fingerprint density at radius 2 is 0.579 bits per heavy atom. The van der Waals surface area contributed by atoms with Crippen LogP contribution in [0.4, 0.5) is 40.3 Å². The first-order valence-electron chi connectivity index (χ1n) is 33.0. The van der Waals surface area contributed by atoms with Gasteiger partial charge in [-0.05, 0) is 173 Å². The number of pyridine rings is 6. The lowest BCUT2D eigenvalue weighted by molar-refractivity contribution is -0.600. The molecule has 0 saturated heterocycles. The highest BCUT2D eigenvalue weighted by Crippen LogP contribution is 2.58. The van der Waals surface area contributed by atoms with E-state index in [0.717, 1.165) is 95.1 Å². The zero-order valence-corrected chi connectivity index (χ0v) is 58.8. The molecule has 17 rings (SSSR count). The van der Waals surface area contributed by atoms with E-state index in [1.165, 1.54) is 24.3 Å². The van der Waals surface area contributed by atoms with Crippen molar-refractivity contribution in [2.24, 2.45) is 0 Å². The quantitative estimate of drug-likeness (QED) is 0.0394. The van der Waals surface area contributed by atoms with Gasteiger partial charge in [0.25, 0.3) is 11.4 Å². The van der Waals surface area contributed by atoms with Gasteiger partial charge < -0.3 is 11.5 Å². The maximum Gasteiger partial charge on any atom is 0.347 e. The van der Waals surface area contributed by atoms with Crippen molar-refractivity contribution in [1.82, 2.24) is 15.0 Å². The van der Waals surface area contributed by atoms with E-state index in [1.807, 2.05) is 195 Å². The first kappa shape index (κ1) is 73.6. The molecule has 0 bridgehead atoms. The molecule has 9 aromatic carbocycles. The fourth-order valence-electron chi connectivity index (χ4n) is 14.4. The molecule has 21 heteroatoms. The van der Waals surface area contributed by atoms with E-state index in [9.17, 15) is 29.0 Å². The topological polar surface area (TPSA) is 189 Å². The van der Waals surface area contributed by atoms with E-state index < -0.39 is 32.3 Å². The summed E-state index contributed by atoms with van der Waals surface area (Å²) in [6.07, 6.45) is 21.2. The van der Waals surface area contributed by atoms with Crippen LogP contribution in [-0.4, -0.2) is 24.8 Å². The summed E-state index contributed by atoms with van der Waals surface area (Å²) in [4.78, 5) is 32.9. The second-order valence-electron chi connectivity index (χ2n) is 24.9. The maximum absolute atomic E-state index is 16.5. The molecule has 0 unspecified atom stereocenters. The number of nitrogens with zero attached hydrogens (tertiary/aromatic N) is 8. The normalized spacial score (nSPS) is 12.1. The molecule has 15 aromatic rings. The first-order chi connectivity index (χ1) is 50.7. The molecule has 0 atom stereocenters. The van der Waals surface area contributed by atoms with Gasteiger partial charge >= 0.3 is 5.69 Å². The maximum atomic E-state index is 16.5. The number of hydrogen-bond acceptors (Lipinski definition) is 9. The van der Waals surface area contributed by atoms with Crippen molar-refractivity contribution in [2.45, 2.75) is 10.8 Å². The fourth-order valence-corrected chi connectivity index (χ4v) is 14.4. The van der Waals surface area contributed by atoms with Crippen molar-refractivity contribution in [1.29, 1.82) is 0 Å². The van der Waals surface area contributed by atoms with Crippen LogP contribution >= 0.6 is 37.2 Å². The summed E-state index contributed by atoms with van der Waals surface area (Å²) in [5, 5.41) is 22.0. The Morgan fingerprint density at radius 3 is 0.869 bits per heavy atom. The van der Waals surface area contributed by atoms with Crippen LogP contribution in [0.15, 0.2) is 335 Å². The number of anilines is 2. The van der Waals surface area contributed by atoms with Crippen LogP contribution in [0.25, 0.3) is 72.7 Å². The Morgan fingerprint density at radius 1 is 0.308 bits per heavy atom. The van der Waals surface area contributed by atoms with Crippen molar-refractivity contribution in [2.75, 3.05) is 11.5 Å². The number of nitrogens with two attached hydrogens (primary N) is 2. The van der Waals surface area contributed by atoms with Crippen molar-refractivity contribution < 1.29 is 41.1 Å². The first-order valence-corrected chi connectivity index (χ1v) is 33.0. The summed E-state index contributed by atoms with van der Waals surface area (Å²) in [6, 6.07) is 79.2. The van der Waals surface area contributed by atoms with Gasteiger partial charge in [-0.3, -0.25) is 35.2 Å². The smallest absolute Gasteiger partial charge is 0.347 e. The third-order valence-corrected chi connectivity index (χ3v) is 19.3. The molecule has 107 heavy (non-hydrogen) atoms. The minimum atomic E-state index is -0.961. The number of benzene rings is 9. The molecule has 0 saturated carbocycles. The lowest BCUT2D eigenvalue weighted by Gasteiger charge is -2.34. The zero-order chi connectivity index (χ0) is 71.6. The molecule has 2 aliphatic carbocycles. The lowest BCUT2D eigenvalue weighted by atomic mass is 9.67. The highest BCUT2D eigenvalue weighted by molar-refractivity contribution is 5.88. The summed E-state index contributed by atoms with van der Waals surface area (Å²) in [5.74, 6) is -1.76. The average Bonchev–Trinajstić information content (AvgIpc) is 1.56. The van der Waals surface area contributed by atoms with Gasteiger partial charge in [-0.25, -0.2) is 8.78 Å². The number of nitrogen functional groups attached to an aromatic ring is 2. The Kier molecular flexibility index (Phi) is 21.4. The molecular weight excluding hydrogens is 1420 g/mol. The summed E-state index contributed by atoms with van der Waals surface area (Å²) in [7, 11) is 0. The van der Waals surface area contributed by atoms with Gasteiger partial charge in [0.1, 0.15) is 17.7 Å². The highest BCUT2D eigenvalue weighted by Gasteiger charge is 2.48. The van der Waals surface area contributed by atoms with Gasteiger partial charge in [-0.2, -0.15) is 22.5 Å². The second kappa shape index (κ2) is 31.1. The van der Waals surface area contributed by atoms with Gasteiger partial charge in [0.2, 0.25) is 11.4 Å². The van der Waals surface area contributed by atoms with E-state index in [-0.39, 0.29) is 77.3 Å². The van der Waals surface area contributed by atoms with E-state index in [2.05, 4.69) is 39.2 Å². The summed E-state index contributed by atoms with van der Waals surface area (Å²) in [5.41, 5.74) is 27.1. The second-order valence-corrected chi connectivity index (χ2v) is 24.9. The summed E-state index contributed by atoms with van der Waals surface area (Å²) < 4.78 is 67.2. The Labute approximate surface area is 630 Å². The summed E-state index contributed by atoms with van der Waals surface area (Å²) in [6.45, 7) is 0. The van der Waals surface area contributed by atoms with Crippen LogP contribution in [-0.2, 0) is 10.8 Å². The molecule has 0 radical (unpaired) electrons. The van der Waals surface area contributed by atoms with E-state index in [1.54, 1.807) is 99.7 Å². The minimum Gasteiger partial charge on any atom is -0.396 e. The number of aromatic nitrogens is 6. The van der Waals surface area contributed by atoms with Crippen LogP contribution < -0.4 is 25.2 Å². The number of rotatable bonds is 12. The monoisotopic (exact) mass is 1480 g/mol. The molecule has 0 amide bonds. The van der Waals surface area contributed by atoms with Gasteiger partial charge in [-0.15, -0.1) is 37.2 Å². The van der Waals surface area contributed by atoms with Crippen molar-refractivity contribution in [3.05, 3.63) is 423 Å². The Balaban J connectivity index is 0.000000162. The van der Waals surface area contributed by atoms with Crippen LogP contribution in [0, 0.1) is 43.5 Å². The Hall–Kier alpha value is -13.1. The Bertz CT molecular complexity index is 5520. The van der Waals surface area contributed by atoms with Crippen LogP contribution in [0.3, 0.4) is 0 Å². The molecule has 6 aromatic heterocycles. The predicted molar refractivity (Wildman–Crippen MR) is 412 cm³/mol. The molecule has 4 N–H and O–H groups in total. The number of nitro benzene ring substituents is 2. The van der Waals surface area contributed by atoms with E-state index in [4.69, 9.17) is 11.5 Å². The van der Waals surface area contributed by atoms with Crippen molar-refractivity contribution in [3.8, 4) is 72.7 Å². The summed E-state index contributed by atoms with van der Waals surface area (Å²) >= 11 is 0. The third kappa shape index (κ3) is 13.6. The largest absolute Gasteiger partial charge is 0.396 e. The van der Waals surface area contributed by atoms with Gasteiger partial charge in [-0.1, -0.05) is 121 Å². The number of non-ortho nitro benzene ring substituents is 1. The number of hydrogen-bond donors (Lipinski definition) is 2. The van der Waals surface area contributed by atoms with Crippen LogP contribution in [0.5, 0.6) is 0 Å². The van der Waals surface area contributed by atoms with Crippen molar-refractivity contribution in [3.63, 3.8) is 0 Å². The minimum absolute atomic E-state index is 0. The molecule has 0 aliphatic heterocycles. The molecule has 6 heterocycles.